The minimum absolute atomic E-state index is 0.0986. The highest BCUT2D eigenvalue weighted by Crippen LogP contribution is 2.36. The molecule has 194 valence electrons. The van der Waals surface area contributed by atoms with Gasteiger partial charge >= 0.3 is 5.97 Å². The van der Waals surface area contributed by atoms with Crippen molar-refractivity contribution in [2.75, 3.05) is 44.7 Å². The maximum Gasteiger partial charge on any atom is 0.303 e. The molecular weight excluding hydrogens is 498 g/mol. The molecule has 0 atom stereocenters. The van der Waals surface area contributed by atoms with Crippen LogP contribution in [0.3, 0.4) is 0 Å². The standard InChI is InChI=1S/C25H33N5O4S2/c1-4-9-29-22(28-13-11-27(3)12-14-28)18(17(2)19(16-26)23(29)33)15-20-24(34)30(25(35)36-20)10-7-5-6-8-21(31)32/h15H,4-14H2,1-3H3,(H,31,32)/b20-15+. The van der Waals surface area contributed by atoms with E-state index >= 15 is 0 Å². The van der Waals surface area contributed by atoms with Crippen molar-refractivity contribution in [1.29, 1.82) is 5.26 Å². The summed E-state index contributed by atoms with van der Waals surface area (Å²) in [5, 5.41) is 18.6. The Morgan fingerprint density at radius 2 is 1.86 bits per heavy atom. The van der Waals surface area contributed by atoms with Crippen LogP contribution in [0.15, 0.2) is 9.70 Å². The first-order valence-electron chi connectivity index (χ1n) is 12.3. The average molecular weight is 532 g/mol. The summed E-state index contributed by atoms with van der Waals surface area (Å²) in [4.78, 5) is 43.7. The minimum Gasteiger partial charge on any atom is -0.481 e. The number of carboxylic acids is 1. The number of thiocarbonyl (C=S) groups is 1. The fourth-order valence-corrected chi connectivity index (χ4v) is 5.77. The van der Waals surface area contributed by atoms with Gasteiger partial charge in [0, 0.05) is 51.3 Å². The molecule has 36 heavy (non-hydrogen) atoms. The van der Waals surface area contributed by atoms with Crippen LogP contribution in [0.5, 0.6) is 0 Å². The second-order valence-corrected chi connectivity index (χ2v) is 10.8. The van der Waals surface area contributed by atoms with E-state index in [-0.39, 0.29) is 23.5 Å². The third kappa shape index (κ3) is 6.17. The van der Waals surface area contributed by atoms with Crippen molar-refractivity contribution in [1.82, 2.24) is 14.4 Å². The second kappa shape index (κ2) is 12.5. The number of likely N-dealkylation sites (N-methyl/N-ethyl adjacent to an activating group) is 1. The Kier molecular flexibility index (Phi) is 9.70. The van der Waals surface area contributed by atoms with E-state index < -0.39 is 5.97 Å². The van der Waals surface area contributed by atoms with Crippen LogP contribution in [0.25, 0.3) is 6.08 Å². The molecule has 2 aliphatic rings. The topological polar surface area (TPSA) is 110 Å². The molecule has 2 saturated heterocycles. The lowest BCUT2D eigenvalue weighted by Crippen LogP contribution is -2.47. The molecule has 11 heteroatoms. The van der Waals surface area contributed by atoms with E-state index in [9.17, 15) is 19.6 Å². The van der Waals surface area contributed by atoms with Gasteiger partial charge in [0.1, 0.15) is 21.8 Å². The molecule has 1 N–H and O–H groups in total. The zero-order chi connectivity index (χ0) is 26.4. The van der Waals surface area contributed by atoms with Crippen LogP contribution in [0.2, 0.25) is 0 Å². The lowest BCUT2D eigenvalue weighted by atomic mass is 10.0. The number of rotatable bonds is 10. The highest BCUT2D eigenvalue weighted by atomic mass is 32.2. The van der Waals surface area contributed by atoms with E-state index in [0.29, 0.717) is 52.7 Å². The SMILES string of the molecule is CCCn1c(N2CCN(C)CC2)c(/C=C2/SC(=S)N(CCCCCC(=O)O)C2=O)c(C)c(C#N)c1=O. The zero-order valence-corrected chi connectivity index (χ0v) is 22.7. The summed E-state index contributed by atoms with van der Waals surface area (Å²) in [5.74, 6) is -0.264. The first-order chi connectivity index (χ1) is 17.2. The Morgan fingerprint density at radius 1 is 1.17 bits per heavy atom. The molecular formula is C25H33N5O4S2. The Labute approximate surface area is 221 Å². The monoisotopic (exact) mass is 531 g/mol. The number of pyridine rings is 1. The summed E-state index contributed by atoms with van der Waals surface area (Å²) in [6.45, 7) is 7.86. The minimum atomic E-state index is -0.823. The van der Waals surface area contributed by atoms with Gasteiger partial charge in [0.05, 0.1) is 4.91 Å². The smallest absolute Gasteiger partial charge is 0.303 e. The summed E-state index contributed by atoms with van der Waals surface area (Å²) >= 11 is 6.71. The molecule has 2 fully saturated rings. The Bertz CT molecular complexity index is 1160. The van der Waals surface area contributed by atoms with Crippen LogP contribution in [0, 0.1) is 18.3 Å². The molecule has 3 rings (SSSR count). The maximum atomic E-state index is 13.3. The number of nitrogens with zero attached hydrogens (tertiary/aromatic N) is 5. The first kappa shape index (κ1) is 27.9. The molecule has 1 aromatic rings. The predicted octanol–water partition coefficient (Wildman–Crippen LogP) is 3.04. The zero-order valence-electron chi connectivity index (χ0n) is 21.1. The molecule has 3 heterocycles. The van der Waals surface area contributed by atoms with Gasteiger partial charge in [0.15, 0.2) is 0 Å². The first-order valence-corrected chi connectivity index (χ1v) is 13.5. The average Bonchev–Trinajstić information content (AvgIpc) is 3.10. The highest BCUT2D eigenvalue weighted by molar-refractivity contribution is 8.26. The molecule has 0 bridgehead atoms. The number of unbranched alkanes of at least 4 members (excludes halogenated alkanes) is 2. The lowest BCUT2D eigenvalue weighted by molar-refractivity contribution is -0.137. The molecule has 0 aromatic carbocycles. The van der Waals surface area contributed by atoms with Crippen molar-refractivity contribution in [2.45, 2.75) is 52.5 Å². The number of hydrogen-bond acceptors (Lipinski definition) is 8. The Balaban J connectivity index is 1.99. The summed E-state index contributed by atoms with van der Waals surface area (Å²) < 4.78 is 2.15. The van der Waals surface area contributed by atoms with Gasteiger partial charge in [0.25, 0.3) is 11.5 Å². The number of aliphatic carboxylic acids is 1. The van der Waals surface area contributed by atoms with Gasteiger partial charge in [0.2, 0.25) is 0 Å². The number of carboxylic acid groups (broad SMARTS) is 1. The van der Waals surface area contributed by atoms with Gasteiger partial charge in [-0.1, -0.05) is 37.3 Å². The highest BCUT2D eigenvalue weighted by Gasteiger charge is 2.33. The van der Waals surface area contributed by atoms with Crippen LogP contribution in [0.1, 0.15) is 55.7 Å². The number of thioether (sulfide) groups is 1. The molecule has 1 aromatic heterocycles. The van der Waals surface area contributed by atoms with E-state index in [4.69, 9.17) is 17.3 Å². The third-order valence-corrected chi connectivity index (χ3v) is 7.90. The van der Waals surface area contributed by atoms with E-state index in [1.807, 2.05) is 6.92 Å². The van der Waals surface area contributed by atoms with Crippen molar-refractivity contribution in [2.24, 2.45) is 0 Å². The van der Waals surface area contributed by atoms with Gasteiger partial charge in [-0.3, -0.25) is 23.9 Å². The fraction of sp³-hybridized carbons (Fsp3) is 0.560. The van der Waals surface area contributed by atoms with Crippen molar-refractivity contribution in [3.05, 3.63) is 31.9 Å². The quantitative estimate of drug-likeness (QED) is 0.277. The summed E-state index contributed by atoms with van der Waals surface area (Å²) in [6.07, 6.45) is 4.56. The van der Waals surface area contributed by atoms with Crippen LogP contribution in [-0.2, 0) is 16.1 Å². The summed E-state index contributed by atoms with van der Waals surface area (Å²) in [7, 11) is 2.06. The van der Waals surface area contributed by atoms with E-state index in [0.717, 1.165) is 38.4 Å². The number of nitriles is 1. The molecule has 9 nitrogen and oxygen atoms in total. The molecule has 2 aliphatic heterocycles. The largest absolute Gasteiger partial charge is 0.481 e. The number of carbonyl (C=O) groups excluding carboxylic acids is 1. The van der Waals surface area contributed by atoms with Crippen molar-refractivity contribution in [3.63, 3.8) is 0 Å². The van der Waals surface area contributed by atoms with Gasteiger partial charge < -0.3 is 14.9 Å². The Hall–Kier alpha value is -2.68. The van der Waals surface area contributed by atoms with Gasteiger partial charge in [-0.05, 0) is 44.9 Å². The maximum absolute atomic E-state index is 13.3. The van der Waals surface area contributed by atoms with Crippen molar-refractivity contribution >= 4 is 52.1 Å². The van der Waals surface area contributed by atoms with Crippen molar-refractivity contribution < 1.29 is 14.7 Å². The van der Waals surface area contributed by atoms with Crippen LogP contribution in [-0.4, -0.2) is 75.4 Å². The number of amides is 1. The van der Waals surface area contributed by atoms with Crippen molar-refractivity contribution in [3.8, 4) is 6.07 Å². The second-order valence-electron chi connectivity index (χ2n) is 9.13. The van der Waals surface area contributed by atoms with Gasteiger partial charge in [-0.2, -0.15) is 5.26 Å². The van der Waals surface area contributed by atoms with E-state index in [1.54, 1.807) is 22.5 Å². The molecule has 0 spiro atoms. The van der Waals surface area contributed by atoms with Crippen LogP contribution >= 0.6 is 24.0 Å². The van der Waals surface area contributed by atoms with Crippen LogP contribution in [0.4, 0.5) is 5.82 Å². The third-order valence-electron chi connectivity index (χ3n) is 6.52. The van der Waals surface area contributed by atoms with Crippen LogP contribution < -0.4 is 10.5 Å². The summed E-state index contributed by atoms with van der Waals surface area (Å²) in [6, 6.07) is 2.08. The number of carbonyl (C=O) groups is 2. The normalized spacial score (nSPS) is 17.8. The van der Waals surface area contributed by atoms with Gasteiger partial charge in [-0.25, -0.2) is 0 Å². The Morgan fingerprint density at radius 3 is 2.47 bits per heavy atom. The molecule has 0 radical (unpaired) electrons. The fourth-order valence-electron chi connectivity index (χ4n) is 4.48. The molecule has 0 aliphatic carbocycles. The molecule has 0 saturated carbocycles. The number of piperazine rings is 1. The predicted molar refractivity (Wildman–Crippen MR) is 146 cm³/mol. The van der Waals surface area contributed by atoms with E-state index in [1.165, 1.54) is 11.8 Å². The number of hydrogen-bond donors (Lipinski definition) is 1. The molecule has 1 amide bonds. The van der Waals surface area contributed by atoms with Gasteiger partial charge in [-0.15, -0.1) is 0 Å². The number of aromatic nitrogens is 1. The summed E-state index contributed by atoms with van der Waals surface area (Å²) in [5.41, 5.74) is 1.09. The molecule has 0 unspecified atom stereocenters. The van der Waals surface area contributed by atoms with E-state index in [2.05, 4.69) is 22.9 Å². The lowest BCUT2D eigenvalue weighted by Gasteiger charge is -2.36. The number of anilines is 1.